The number of carbonyl (C=O) groups is 1. The number of ketones is 1. The second-order valence-corrected chi connectivity index (χ2v) is 6.94. The summed E-state index contributed by atoms with van der Waals surface area (Å²) in [5.41, 5.74) is -1.84. The monoisotopic (exact) mass is 385 g/mol. The van der Waals surface area contributed by atoms with Crippen molar-refractivity contribution in [2.24, 2.45) is 0 Å². The molecule has 3 nitrogen and oxygen atoms in total. The minimum atomic E-state index is -2.36. The van der Waals surface area contributed by atoms with E-state index in [2.05, 4.69) is 4.98 Å². The number of aryl methyl sites for hydroxylation is 1. The van der Waals surface area contributed by atoms with Crippen LogP contribution < -0.4 is 0 Å². The van der Waals surface area contributed by atoms with Gasteiger partial charge in [-0.3, -0.25) is 9.78 Å². The zero-order chi connectivity index (χ0) is 18.2. The Kier molecular flexibility index (Phi) is 5.09. The highest BCUT2D eigenvalue weighted by Gasteiger charge is 2.46. The first-order chi connectivity index (χ1) is 11.8. The Hall–Kier alpha value is -1.56. The van der Waals surface area contributed by atoms with Gasteiger partial charge >= 0.3 is 0 Å². The van der Waals surface area contributed by atoms with E-state index in [9.17, 15) is 14.3 Å². The number of fused-ring (bicyclic) bond motifs is 1. The normalized spacial score (nSPS) is 22.5. The molecule has 3 rings (SSSR count). The zero-order valence-corrected chi connectivity index (χ0v) is 14.6. The first-order valence-corrected chi connectivity index (χ1v) is 8.57. The lowest BCUT2D eigenvalue weighted by Crippen LogP contribution is -2.37. The van der Waals surface area contributed by atoms with E-state index >= 15 is 4.39 Å². The molecular weight excluding hydrogens is 371 g/mol. The average Bonchev–Trinajstić information content (AvgIpc) is 2.57. The Balaban J connectivity index is 1.84. The first kappa shape index (κ1) is 18.2. The lowest BCUT2D eigenvalue weighted by atomic mass is 9.77. The van der Waals surface area contributed by atoms with Crippen LogP contribution >= 0.6 is 23.2 Å². The molecule has 1 aromatic carbocycles. The summed E-state index contributed by atoms with van der Waals surface area (Å²) in [5, 5.41) is 10.8. The first-order valence-electron chi connectivity index (χ1n) is 7.81. The number of nitrogens with zero attached hydrogens (tertiary/aromatic N) is 1. The Morgan fingerprint density at radius 2 is 2.12 bits per heavy atom. The van der Waals surface area contributed by atoms with Crippen LogP contribution in [0.1, 0.15) is 42.2 Å². The fraction of sp³-hybridized carbons (Fsp3) is 0.333. The predicted molar refractivity (Wildman–Crippen MR) is 91.0 cm³/mol. The number of aliphatic hydroxyl groups is 1. The molecule has 0 bridgehead atoms. The van der Waals surface area contributed by atoms with Crippen LogP contribution in [-0.4, -0.2) is 15.9 Å². The molecule has 0 saturated heterocycles. The quantitative estimate of drug-likeness (QED) is 0.827. The van der Waals surface area contributed by atoms with Crippen molar-refractivity contribution in [2.45, 2.75) is 37.5 Å². The fourth-order valence-corrected chi connectivity index (χ4v) is 3.60. The summed E-state index contributed by atoms with van der Waals surface area (Å²) in [6.45, 7) is 0. The standard InChI is InChI=1S/C18H15Cl2F2NO2/c19-11-3-1-10(14(20)7-11)2-4-16(25)18(22)6-5-15(24)17-13(18)8-12(21)9-23-17/h1,3,7-9,15,24H,2,4-6H2/t15-,18-/m0/s1. The number of hydrogen-bond donors (Lipinski definition) is 1. The largest absolute Gasteiger partial charge is 0.387 e. The summed E-state index contributed by atoms with van der Waals surface area (Å²) in [7, 11) is 0. The molecule has 1 aliphatic rings. The number of aliphatic hydroxyl groups excluding tert-OH is 1. The third kappa shape index (κ3) is 3.54. The highest BCUT2D eigenvalue weighted by Crippen LogP contribution is 2.43. The van der Waals surface area contributed by atoms with Gasteiger partial charge in [0.1, 0.15) is 5.82 Å². The molecule has 132 valence electrons. The number of halogens is 4. The molecule has 2 aromatic rings. The van der Waals surface area contributed by atoms with E-state index in [-0.39, 0.29) is 36.9 Å². The van der Waals surface area contributed by atoms with Crippen molar-refractivity contribution in [2.75, 3.05) is 0 Å². The van der Waals surface area contributed by atoms with Gasteiger partial charge in [0.15, 0.2) is 11.5 Å². The van der Waals surface area contributed by atoms with Crippen molar-refractivity contribution >= 4 is 29.0 Å². The Labute approximate surface area is 153 Å². The molecule has 7 heteroatoms. The van der Waals surface area contributed by atoms with Crippen molar-refractivity contribution in [1.29, 1.82) is 0 Å². The van der Waals surface area contributed by atoms with E-state index in [1.165, 1.54) is 0 Å². The van der Waals surface area contributed by atoms with Crippen LogP contribution in [0.3, 0.4) is 0 Å². The zero-order valence-electron chi connectivity index (χ0n) is 13.1. The summed E-state index contributed by atoms with van der Waals surface area (Å²) in [6.07, 6.45) is -0.121. The van der Waals surface area contributed by atoms with E-state index in [4.69, 9.17) is 23.2 Å². The van der Waals surface area contributed by atoms with E-state index < -0.39 is 23.4 Å². The van der Waals surface area contributed by atoms with Gasteiger partial charge in [-0.15, -0.1) is 0 Å². The molecule has 0 radical (unpaired) electrons. The van der Waals surface area contributed by atoms with E-state index in [0.29, 0.717) is 15.6 Å². The number of aromatic nitrogens is 1. The second kappa shape index (κ2) is 6.98. The number of carbonyl (C=O) groups excluding carboxylic acids is 1. The molecule has 1 aliphatic carbocycles. The number of hydrogen-bond acceptors (Lipinski definition) is 3. The number of Topliss-reactive ketones (excluding diaryl/α,β-unsaturated/α-hetero) is 1. The van der Waals surface area contributed by atoms with Gasteiger partial charge in [0, 0.05) is 22.0 Å². The Bertz CT molecular complexity index is 831. The van der Waals surface area contributed by atoms with E-state index in [0.717, 1.165) is 12.3 Å². The van der Waals surface area contributed by atoms with Crippen LogP contribution in [0.25, 0.3) is 0 Å². The van der Waals surface area contributed by atoms with Gasteiger partial charge in [-0.25, -0.2) is 8.78 Å². The van der Waals surface area contributed by atoms with E-state index in [1.54, 1.807) is 18.2 Å². The lowest BCUT2D eigenvalue weighted by molar-refractivity contribution is -0.133. The molecule has 25 heavy (non-hydrogen) atoms. The molecule has 0 unspecified atom stereocenters. The number of alkyl halides is 1. The Morgan fingerprint density at radius 3 is 2.84 bits per heavy atom. The van der Waals surface area contributed by atoms with Crippen molar-refractivity contribution in [1.82, 2.24) is 4.98 Å². The summed E-state index contributed by atoms with van der Waals surface area (Å²) in [6, 6.07) is 5.82. The maximum atomic E-state index is 15.5. The highest BCUT2D eigenvalue weighted by molar-refractivity contribution is 6.35. The lowest BCUT2D eigenvalue weighted by Gasteiger charge is -2.32. The van der Waals surface area contributed by atoms with Gasteiger partial charge in [0.05, 0.1) is 18.0 Å². The smallest absolute Gasteiger partial charge is 0.195 e. The van der Waals surface area contributed by atoms with Crippen molar-refractivity contribution < 1.29 is 18.7 Å². The highest BCUT2D eigenvalue weighted by atomic mass is 35.5. The summed E-state index contributed by atoms with van der Waals surface area (Å²) in [4.78, 5) is 16.3. The molecule has 0 saturated carbocycles. The van der Waals surface area contributed by atoms with Crippen molar-refractivity contribution in [3.8, 4) is 0 Å². The third-order valence-corrected chi connectivity index (χ3v) is 5.06. The molecule has 2 atom stereocenters. The van der Waals surface area contributed by atoms with Gasteiger partial charge in [0.2, 0.25) is 0 Å². The number of benzene rings is 1. The van der Waals surface area contributed by atoms with Gasteiger partial charge in [0.25, 0.3) is 0 Å². The van der Waals surface area contributed by atoms with Gasteiger partial charge in [-0.2, -0.15) is 0 Å². The molecule has 1 N–H and O–H groups in total. The maximum Gasteiger partial charge on any atom is 0.195 e. The minimum Gasteiger partial charge on any atom is -0.387 e. The van der Waals surface area contributed by atoms with Crippen LogP contribution in [-0.2, 0) is 16.9 Å². The average molecular weight is 386 g/mol. The van der Waals surface area contributed by atoms with Gasteiger partial charge in [-0.05, 0) is 43.0 Å². The number of rotatable bonds is 4. The second-order valence-electron chi connectivity index (χ2n) is 6.10. The van der Waals surface area contributed by atoms with Crippen LogP contribution in [0.15, 0.2) is 30.5 Å². The summed E-state index contributed by atoms with van der Waals surface area (Å²) >= 11 is 11.9. The minimum absolute atomic E-state index is 0.0213. The van der Waals surface area contributed by atoms with Crippen LogP contribution in [0, 0.1) is 5.82 Å². The van der Waals surface area contributed by atoms with Crippen molar-refractivity contribution in [3.05, 3.63) is 63.1 Å². The molecule has 0 spiro atoms. The Morgan fingerprint density at radius 1 is 1.36 bits per heavy atom. The fourth-order valence-electron chi connectivity index (χ4n) is 3.10. The van der Waals surface area contributed by atoms with Crippen molar-refractivity contribution in [3.63, 3.8) is 0 Å². The topological polar surface area (TPSA) is 50.2 Å². The van der Waals surface area contributed by atoms with Crippen LogP contribution in [0.4, 0.5) is 8.78 Å². The van der Waals surface area contributed by atoms with Crippen LogP contribution in [0.2, 0.25) is 10.0 Å². The maximum absolute atomic E-state index is 15.5. The SMILES string of the molecule is O=C(CCc1ccc(Cl)cc1Cl)[C@]1(F)CC[C@H](O)c2ncc(F)cc21. The van der Waals surface area contributed by atoms with Gasteiger partial charge in [-0.1, -0.05) is 29.3 Å². The molecule has 0 fully saturated rings. The molecule has 1 heterocycles. The number of pyridine rings is 1. The van der Waals surface area contributed by atoms with Gasteiger partial charge < -0.3 is 5.11 Å². The summed E-state index contributed by atoms with van der Waals surface area (Å²) < 4.78 is 29.0. The van der Waals surface area contributed by atoms with Crippen LogP contribution in [0.5, 0.6) is 0 Å². The third-order valence-electron chi connectivity index (χ3n) is 4.47. The van der Waals surface area contributed by atoms with E-state index in [1.807, 2.05) is 0 Å². The predicted octanol–water partition coefficient (Wildman–Crippen LogP) is 4.72. The summed E-state index contributed by atoms with van der Waals surface area (Å²) in [5.74, 6) is -1.43. The molecule has 1 aromatic heterocycles. The molecule has 0 amide bonds. The molecular formula is C18H15Cl2F2NO2. The molecule has 0 aliphatic heterocycles.